The first-order chi connectivity index (χ1) is 11.9. The average Bonchev–Trinajstić information content (AvgIpc) is 2.99. The lowest BCUT2D eigenvalue weighted by Crippen LogP contribution is -2.27. The minimum absolute atomic E-state index is 0.00352. The number of aliphatic carboxylic acids is 1. The largest absolute Gasteiger partial charge is 0.481 e. The van der Waals surface area contributed by atoms with Crippen LogP contribution in [0.1, 0.15) is 36.2 Å². The van der Waals surface area contributed by atoms with E-state index >= 15 is 0 Å². The van der Waals surface area contributed by atoms with Gasteiger partial charge in [-0.3, -0.25) is 9.59 Å². The van der Waals surface area contributed by atoms with Gasteiger partial charge in [-0.05, 0) is 18.2 Å². The van der Waals surface area contributed by atoms with E-state index in [0.717, 1.165) is 0 Å². The first-order valence-electron chi connectivity index (χ1n) is 7.69. The predicted molar refractivity (Wildman–Crippen MR) is 92.7 cm³/mol. The van der Waals surface area contributed by atoms with Crippen molar-refractivity contribution in [3.63, 3.8) is 0 Å². The standard InChI is InChI=1S/C16H19FN4O3S/c1-10(2)15-19-14(16(24)18-6-7-25-9-13(22)23)20-21(15)12-5-3-4-11(17)8-12/h3-5,8,10H,6-7,9H2,1-2H3,(H,18,24)(H,22,23). The molecule has 0 saturated carbocycles. The Kier molecular flexibility index (Phi) is 6.51. The number of hydrogen-bond acceptors (Lipinski definition) is 5. The van der Waals surface area contributed by atoms with E-state index < -0.39 is 17.7 Å². The molecule has 1 heterocycles. The molecule has 1 amide bonds. The lowest BCUT2D eigenvalue weighted by Gasteiger charge is -2.07. The summed E-state index contributed by atoms with van der Waals surface area (Å²) in [4.78, 5) is 26.9. The summed E-state index contributed by atoms with van der Waals surface area (Å²) in [5.74, 6) is -0.749. The van der Waals surface area contributed by atoms with Crippen LogP contribution in [0.5, 0.6) is 0 Å². The third-order valence-corrected chi connectivity index (χ3v) is 4.11. The quantitative estimate of drug-likeness (QED) is 0.694. The van der Waals surface area contributed by atoms with Crippen molar-refractivity contribution >= 4 is 23.6 Å². The van der Waals surface area contributed by atoms with Crippen molar-refractivity contribution in [3.05, 3.63) is 41.7 Å². The Morgan fingerprint density at radius 3 is 2.80 bits per heavy atom. The number of thioether (sulfide) groups is 1. The van der Waals surface area contributed by atoms with Gasteiger partial charge in [-0.25, -0.2) is 14.1 Å². The molecule has 7 nitrogen and oxygen atoms in total. The Hall–Kier alpha value is -2.42. The maximum absolute atomic E-state index is 13.5. The van der Waals surface area contributed by atoms with Gasteiger partial charge in [0.2, 0.25) is 5.82 Å². The molecule has 0 bridgehead atoms. The molecule has 0 saturated heterocycles. The number of hydrogen-bond donors (Lipinski definition) is 2. The number of halogens is 1. The van der Waals surface area contributed by atoms with Gasteiger partial charge < -0.3 is 10.4 Å². The molecule has 0 spiro atoms. The monoisotopic (exact) mass is 366 g/mol. The summed E-state index contributed by atoms with van der Waals surface area (Å²) in [5, 5.41) is 15.4. The summed E-state index contributed by atoms with van der Waals surface area (Å²) in [7, 11) is 0. The number of carbonyl (C=O) groups is 2. The molecule has 1 aromatic heterocycles. The number of amides is 1. The smallest absolute Gasteiger partial charge is 0.313 e. The topological polar surface area (TPSA) is 97.1 Å². The third kappa shape index (κ3) is 5.28. The van der Waals surface area contributed by atoms with Gasteiger partial charge in [-0.2, -0.15) is 0 Å². The minimum Gasteiger partial charge on any atom is -0.481 e. The molecule has 0 fully saturated rings. The van der Waals surface area contributed by atoms with Gasteiger partial charge >= 0.3 is 5.97 Å². The van der Waals surface area contributed by atoms with Gasteiger partial charge in [-0.15, -0.1) is 16.9 Å². The van der Waals surface area contributed by atoms with Gasteiger partial charge in [0.1, 0.15) is 11.6 Å². The Morgan fingerprint density at radius 2 is 2.16 bits per heavy atom. The molecule has 0 unspecified atom stereocenters. The van der Waals surface area contributed by atoms with Crippen LogP contribution in [-0.2, 0) is 4.79 Å². The predicted octanol–water partition coefficient (Wildman–Crippen LogP) is 2.08. The van der Waals surface area contributed by atoms with E-state index in [0.29, 0.717) is 23.8 Å². The van der Waals surface area contributed by atoms with Gasteiger partial charge in [-0.1, -0.05) is 19.9 Å². The summed E-state index contributed by atoms with van der Waals surface area (Å²) in [6.45, 7) is 4.12. The summed E-state index contributed by atoms with van der Waals surface area (Å²) in [5.41, 5.74) is 0.493. The minimum atomic E-state index is -0.895. The summed E-state index contributed by atoms with van der Waals surface area (Å²) < 4.78 is 14.9. The molecule has 0 aliphatic rings. The fourth-order valence-corrected chi connectivity index (χ4v) is 2.63. The zero-order valence-corrected chi connectivity index (χ0v) is 14.7. The highest BCUT2D eigenvalue weighted by molar-refractivity contribution is 7.99. The fourth-order valence-electron chi connectivity index (χ4n) is 2.07. The van der Waals surface area contributed by atoms with Gasteiger partial charge in [0.05, 0.1) is 11.4 Å². The van der Waals surface area contributed by atoms with Crippen molar-refractivity contribution in [1.82, 2.24) is 20.1 Å². The average molecular weight is 366 g/mol. The highest BCUT2D eigenvalue weighted by Gasteiger charge is 2.19. The number of nitrogens with zero attached hydrogens (tertiary/aromatic N) is 3. The second kappa shape index (κ2) is 8.61. The highest BCUT2D eigenvalue weighted by atomic mass is 32.2. The molecule has 0 radical (unpaired) electrons. The maximum atomic E-state index is 13.5. The van der Waals surface area contributed by atoms with Gasteiger partial charge in [0.15, 0.2) is 0 Å². The summed E-state index contributed by atoms with van der Waals surface area (Å²) in [6, 6.07) is 5.91. The van der Waals surface area contributed by atoms with Crippen molar-refractivity contribution < 1.29 is 19.1 Å². The zero-order chi connectivity index (χ0) is 18.4. The van der Waals surface area contributed by atoms with Gasteiger partial charge in [0.25, 0.3) is 5.91 Å². The van der Waals surface area contributed by atoms with Crippen LogP contribution in [0.25, 0.3) is 5.69 Å². The Morgan fingerprint density at radius 1 is 1.40 bits per heavy atom. The molecular formula is C16H19FN4O3S. The maximum Gasteiger partial charge on any atom is 0.313 e. The number of nitrogens with one attached hydrogen (secondary N) is 1. The fraction of sp³-hybridized carbons (Fsp3) is 0.375. The van der Waals surface area contributed by atoms with Crippen LogP contribution in [0, 0.1) is 5.82 Å². The Balaban J connectivity index is 2.10. The Bertz CT molecular complexity index is 764. The van der Waals surface area contributed by atoms with E-state index in [1.165, 1.54) is 28.6 Å². The van der Waals surface area contributed by atoms with Crippen LogP contribution in [0.4, 0.5) is 4.39 Å². The lowest BCUT2D eigenvalue weighted by atomic mass is 10.2. The molecule has 0 atom stereocenters. The Labute approximate surface area is 148 Å². The van der Waals surface area contributed by atoms with Crippen LogP contribution in [0.2, 0.25) is 0 Å². The molecule has 0 aliphatic heterocycles. The van der Waals surface area contributed by atoms with Gasteiger partial charge in [0, 0.05) is 18.2 Å². The number of carboxylic acids is 1. The van der Waals surface area contributed by atoms with Crippen molar-refractivity contribution in [1.29, 1.82) is 0 Å². The molecule has 1 aromatic carbocycles. The number of carbonyl (C=O) groups excluding carboxylic acids is 1. The zero-order valence-electron chi connectivity index (χ0n) is 13.9. The SMILES string of the molecule is CC(C)c1nc(C(=O)NCCSCC(=O)O)nn1-c1cccc(F)c1. The molecule has 134 valence electrons. The van der Waals surface area contributed by atoms with Crippen molar-refractivity contribution in [2.75, 3.05) is 18.1 Å². The molecule has 25 heavy (non-hydrogen) atoms. The van der Waals surface area contributed by atoms with Crippen molar-refractivity contribution in [3.8, 4) is 5.69 Å². The molecule has 9 heteroatoms. The number of benzene rings is 1. The molecule has 2 aromatic rings. The van der Waals surface area contributed by atoms with E-state index in [2.05, 4.69) is 15.4 Å². The summed E-state index contributed by atoms with van der Waals surface area (Å²) in [6.07, 6.45) is 0. The first-order valence-corrected chi connectivity index (χ1v) is 8.84. The van der Waals surface area contributed by atoms with Crippen molar-refractivity contribution in [2.24, 2.45) is 0 Å². The number of rotatable bonds is 8. The van der Waals surface area contributed by atoms with E-state index in [4.69, 9.17) is 5.11 Å². The van der Waals surface area contributed by atoms with E-state index in [1.54, 1.807) is 12.1 Å². The van der Waals surface area contributed by atoms with Crippen LogP contribution in [-0.4, -0.2) is 49.8 Å². The lowest BCUT2D eigenvalue weighted by molar-refractivity contribution is -0.133. The van der Waals surface area contributed by atoms with E-state index in [1.807, 2.05) is 13.8 Å². The summed E-state index contributed by atoms with van der Waals surface area (Å²) >= 11 is 1.21. The first kappa shape index (κ1) is 18.9. The van der Waals surface area contributed by atoms with Crippen LogP contribution < -0.4 is 5.32 Å². The highest BCUT2D eigenvalue weighted by Crippen LogP contribution is 2.18. The molecule has 2 rings (SSSR count). The van der Waals surface area contributed by atoms with Crippen LogP contribution in [0.15, 0.2) is 24.3 Å². The molecular weight excluding hydrogens is 347 g/mol. The second-order valence-electron chi connectivity index (χ2n) is 5.54. The molecule has 0 aliphatic carbocycles. The molecule has 2 N–H and O–H groups in total. The van der Waals surface area contributed by atoms with Crippen LogP contribution in [0.3, 0.4) is 0 Å². The number of carboxylic acid groups (broad SMARTS) is 1. The third-order valence-electron chi connectivity index (χ3n) is 3.16. The second-order valence-corrected chi connectivity index (χ2v) is 6.65. The van der Waals surface area contributed by atoms with Crippen molar-refractivity contribution in [2.45, 2.75) is 19.8 Å². The number of aromatic nitrogens is 3. The van der Waals surface area contributed by atoms with E-state index in [9.17, 15) is 14.0 Å². The van der Waals surface area contributed by atoms with E-state index in [-0.39, 0.29) is 17.5 Å². The van der Waals surface area contributed by atoms with Crippen LogP contribution >= 0.6 is 11.8 Å². The normalized spacial score (nSPS) is 10.9.